The fraction of sp³-hybridized carbons (Fsp3) is 0. The molecule has 0 aliphatic heterocycles. The Bertz CT molecular complexity index is 747. The van der Waals surface area contributed by atoms with Gasteiger partial charge in [-0.25, -0.2) is 5.43 Å². The van der Waals surface area contributed by atoms with Gasteiger partial charge in [-0.05, 0) is 18.2 Å². The van der Waals surface area contributed by atoms with Crippen molar-refractivity contribution in [1.29, 1.82) is 0 Å². The zero-order chi connectivity index (χ0) is 14.5. The summed E-state index contributed by atoms with van der Waals surface area (Å²) >= 11 is 0. The topological polar surface area (TPSA) is 96.2 Å². The normalized spacial score (nSPS) is 10.9. The average Bonchev–Trinajstić information content (AvgIpc) is 3.19. The molecule has 0 saturated carbocycles. The number of aromatic amines is 1. The number of hydrogen-bond acceptors (Lipinski definition) is 5. The van der Waals surface area contributed by atoms with Gasteiger partial charge in [-0.2, -0.15) is 10.2 Å². The number of nitrogens with zero attached hydrogens (tertiary/aromatic N) is 3. The molecule has 0 saturated heterocycles. The maximum absolute atomic E-state index is 11.9. The average molecular weight is 281 g/mol. The van der Waals surface area contributed by atoms with Crippen LogP contribution in [0, 0.1) is 0 Å². The van der Waals surface area contributed by atoms with E-state index >= 15 is 0 Å². The Kier molecular flexibility index (Phi) is 3.55. The molecule has 3 aromatic heterocycles. The second kappa shape index (κ2) is 5.83. The van der Waals surface area contributed by atoms with E-state index in [1.807, 2.05) is 6.07 Å². The smallest absolute Gasteiger partial charge is 0.291 e. The van der Waals surface area contributed by atoms with Crippen molar-refractivity contribution in [3.63, 3.8) is 0 Å². The molecule has 0 atom stereocenters. The van der Waals surface area contributed by atoms with Gasteiger partial charge in [0.2, 0.25) is 0 Å². The van der Waals surface area contributed by atoms with Crippen molar-refractivity contribution in [2.45, 2.75) is 0 Å². The predicted molar refractivity (Wildman–Crippen MR) is 75.6 cm³/mol. The van der Waals surface area contributed by atoms with E-state index in [0.29, 0.717) is 11.5 Å². The number of nitrogens with one attached hydrogen (secondary N) is 2. The van der Waals surface area contributed by atoms with E-state index in [1.54, 1.807) is 42.9 Å². The minimum absolute atomic E-state index is 0.227. The van der Waals surface area contributed by atoms with Crippen LogP contribution in [0.2, 0.25) is 0 Å². The first-order valence-corrected chi connectivity index (χ1v) is 6.15. The lowest BCUT2D eigenvalue weighted by atomic mass is 10.3. The second-order valence-corrected chi connectivity index (χ2v) is 4.13. The van der Waals surface area contributed by atoms with E-state index in [0.717, 1.165) is 5.56 Å². The molecule has 104 valence electrons. The molecule has 2 N–H and O–H groups in total. The van der Waals surface area contributed by atoms with Crippen molar-refractivity contribution >= 4 is 12.1 Å². The van der Waals surface area contributed by atoms with Gasteiger partial charge in [-0.15, -0.1) is 0 Å². The Morgan fingerprint density at radius 3 is 3.10 bits per heavy atom. The lowest BCUT2D eigenvalue weighted by Gasteiger charge is -1.94. The lowest BCUT2D eigenvalue weighted by Crippen LogP contribution is -2.18. The fourth-order valence-electron chi connectivity index (χ4n) is 1.67. The fourth-order valence-corrected chi connectivity index (χ4v) is 1.67. The molecular weight excluding hydrogens is 270 g/mol. The van der Waals surface area contributed by atoms with E-state index in [9.17, 15) is 4.79 Å². The number of hydrogen-bond donors (Lipinski definition) is 2. The molecule has 0 unspecified atom stereocenters. The number of carbonyl (C=O) groups is 1. The van der Waals surface area contributed by atoms with E-state index < -0.39 is 5.91 Å². The number of rotatable bonds is 4. The van der Waals surface area contributed by atoms with Crippen molar-refractivity contribution < 1.29 is 9.21 Å². The highest BCUT2D eigenvalue weighted by atomic mass is 16.3. The molecule has 0 spiro atoms. The molecule has 0 aliphatic carbocycles. The number of carbonyl (C=O) groups excluding carboxylic acids is 1. The molecule has 1 amide bonds. The molecule has 0 aliphatic rings. The Morgan fingerprint density at radius 1 is 1.38 bits per heavy atom. The Balaban J connectivity index is 1.65. The summed E-state index contributed by atoms with van der Waals surface area (Å²) in [5, 5.41) is 10.5. The highest BCUT2D eigenvalue weighted by Crippen LogP contribution is 2.17. The first kappa shape index (κ1) is 12.8. The molecule has 0 bridgehead atoms. The summed E-state index contributed by atoms with van der Waals surface area (Å²) in [4.78, 5) is 15.8. The molecule has 7 heteroatoms. The molecule has 0 radical (unpaired) electrons. The van der Waals surface area contributed by atoms with Gasteiger partial charge in [-0.3, -0.25) is 14.9 Å². The van der Waals surface area contributed by atoms with Crippen LogP contribution in [0.15, 0.2) is 58.5 Å². The number of pyridine rings is 1. The second-order valence-electron chi connectivity index (χ2n) is 4.13. The van der Waals surface area contributed by atoms with Crippen molar-refractivity contribution in [2.75, 3.05) is 0 Å². The zero-order valence-electron chi connectivity index (χ0n) is 10.9. The molecule has 0 fully saturated rings. The van der Waals surface area contributed by atoms with Crippen LogP contribution in [0.3, 0.4) is 0 Å². The summed E-state index contributed by atoms with van der Waals surface area (Å²) in [6.45, 7) is 0. The summed E-state index contributed by atoms with van der Waals surface area (Å²) < 4.78 is 5.21. The van der Waals surface area contributed by atoms with Gasteiger partial charge in [0.1, 0.15) is 5.69 Å². The van der Waals surface area contributed by atoms with Crippen molar-refractivity contribution in [2.24, 2.45) is 5.10 Å². The lowest BCUT2D eigenvalue weighted by molar-refractivity contribution is 0.0950. The van der Waals surface area contributed by atoms with Gasteiger partial charge in [0.25, 0.3) is 5.91 Å². The third-order valence-corrected chi connectivity index (χ3v) is 2.66. The van der Waals surface area contributed by atoms with Gasteiger partial charge in [0, 0.05) is 24.0 Å². The standard InChI is InChI=1S/C14H11N5O2/c20-14(19-16-9-10-3-1-5-15-8-10)12-7-11(17-18-12)13-4-2-6-21-13/h1-9H,(H,17,18)(H,19,20). The third kappa shape index (κ3) is 3.03. The summed E-state index contributed by atoms with van der Waals surface area (Å²) in [5.74, 6) is 0.199. The molecule has 3 aromatic rings. The first-order chi connectivity index (χ1) is 10.3. The number of hydrazone groups is 1. The van der Waals surface area contributed by atoms with Crippen LogP contribution in [-0.2, 0) is 0 Å². The molecule has 0 aromatic carbocycles. The zero-order valence-corrected chi connectivity index (χ0v) is 10.9. The molecular formula is C14H11N5O2. The molecule has 3 rings (SSSR count). The Morgan fingerprint density at radius 2 is 2.33 bits per heavy atom. The summed E-state index contributed by atoms with van der Waals surface area (Å²) in [6.07, 6.45) is 6.36. The maximum atomic E-state index is 11.9. The summed E-state index contributed by atoms with van der Waals surface area (Å²) in [7, 11) is 0. The monoisotopic (exact) mass is 281 g/mol. The van der Waals surface area contributed by atoms with Crippen LogP contribution in [0.1, 0.15) is 16.1 Å². The highest BCUT2D eigenvalue weighted by molar-refractivity contribution is 5.93. The quantitative estimate of drug-likeness (QED) is 0.563. The molecule has 3 heterocycles. The van der Waals surface area contributed by atoms with Gasteiger partial charge >= 0.3 is 0 Å². The van der Waals surface area contributed by atoms with E-state index in [2.05, 4.69) is 25.7 Å². The van der Waals surface area contributed by atoms with Crippen molar-refractivity contribution in [1.82, 2.24) is 20.6 Å². The van der Waals surface area contributed by atoms with Crippen LogP contribution in [0.4, 0.5) is 0 Å². The molecule has 7 nitrogen and oxygen atoms in total. The third-order valence-electron chi connectivity index (χ3n) is 2.66. The maximum Gasteiger partial charge on any atom is 0.291 e. The van der Waals surface area contributed by atoms with E-state index in [1.165, 1.54) is 6.21 Å². The number of amides is 1. The van der Waals surface area contributed by atoms with Crippen LogP contribution in [0.5, 0.6) is 0 Å². The predicted octanol–water partition coefficient (Wildman–Crippen LogP) is 1.83. The Labute approximate surface area is 119 Å². The van der Waals surface area contributed by atoms with Gasteiger partial charge in [-0.1, -0.05) is 6.07 Å². The Hall–Kier alpha value is -3.22. The summed E-state index contributed by atoms with van der Waals surface area (Å²) in [6, 6.07) is 8.73. The largest absolute Gasteiger partial charge is 0.463 e. The van der Waals surface area contributed by atoms with Crippen LogP contribution < -0.4 is 5.43 Å². The van der Waals surface area contributed by atoms with Crippen molar-refractivity contribution in [3.05, 3.63) is 60.2 Å². The molecule has 21 heavy (non-hydrogen) atoms. The van der Waals surface area contributed by atoms with Gasteiger partial charge in [0.05, 0.1) is 12.5 Å². The van der Waals surface area contributed by atoms with Gasteiger partial charge in [0.15, 0.2) is 11.5 Å². The van der Waals surface area contributed by atoms with E-state index in [4.69, 9.17) is 4.42 Å². The van der Waals surface area contributed by atoms with Crippen LogP contribution >= 0.6 is 0 Å². The first-order valence-electron chi connectivity index (χ1n) is 6.15. The van der Waals surface area contributed by atoms with Crippen molar-refractivity contribution in [3.8, 4) is 11.5 Å². The van der Waals surface area contributed by atoms with Crippen LogP contribution in [0.25, 0.3) is 11.5 Å². The highest BCUT2D eigenvalue weighted by Gasteiger charge is 2.11. The SMILES string of the molecule is O=C(NN=Cc1cccnc1)c1cc(-c2ccco2)[nH]n1. The number of aromatic nitrogens is 3. The summed E-state index contributed by atoms with van der Waals surface area (Å²) in [5.41, 5.74) is 4.04. The van der Waals surface area contributed by atoms with Gasteiger partial charge < -0.3 is 4.42 Å². The van der Waals surface area contributed by atoms with Crippen LogP contribution in [-0.4, -0.2) is 27.3 Å². The minimum Gasteiger partial charge on any atom is -0.463 e. The minimum atomic E-state index is -0.413. The van der Waals surface area contributed by atoms with E-state index in [-0.39, 0.29) is 5.69 Å². The number of furan rings is 1. The number of H-pyrrole nitrogens is 1.